The van der Waals surface area contributed by atoms with E-state index in [0.717, 1.165) is 10.0 Å². The second kappa shape index (κ2) is 5.45. The summed E-state index contributed by atoms with van der Waals surface area (Å²) >= 11 is 3.43. The fourth-order valence-electron chi connectivity index (χ4n) is 1.80. The van der Waals surface area contributed by atoms with Gasteiger partial charge in [-0.3, -0.25) is 5.84 Å². The number of nitrogens with two attached hydrogens (primary N) is 1. The van der Waals surface area contributed by atoms with Crippen LogP contribution in [-0.4, -0.2) is 0 Å². The van der Waals surface area contributed by atoms with Crippen LogP contribution in [0.1, 0.15) is 22.7 Å². The third-order valence-corrected chi connectivity index (χ3v) is 3.31. The zero-order valence-corrected chi connectivity index (χ0v) is 11.2. The molecule has 2 aromatic carbocycles. The third kappa shape index (κ3) is 2.94. The summed E-state index contributed by atoms with van der Waals surface area (Å²) < 4.78 is 1.07. The van der Waals surface area contributed by atoms with Crippen LogP contribution in [0.15, 0.2) is 53.0 Å². The summed E-state index contributed by atoms with van der Waals surface area (Å²) in [6.45, 7) is 2.08. The molecule has 2 aromatic rings. The van der Waals surface area contributed by atoms with E-state index in [4.69, 9.17) is 5.84 Å². The number of halogens is 1. The number of hydrogen-bond acceptors (Lipinski definition) is 2. The van der Waals surface area contributed by atoms with Gasteiger partial charge in [0.25, 0.3) is 0 Å². The lowest BCUT2D eigenvalue weighted by Crippen LogP contribution is -2.28. The molecule has 17 heavy (non-hydrogen) atoms. The summed E-state index contributed by atoms with van der Waals surface area (Å²) in [5.41, 5.74) is 6.43. The molecule has 2 nitrogen and oxygen atoms in total. The Morgan fingerprint density at radius 2 is 1.41 bits per heavy atom. The van der Waals surface area contributed by atoms with Gasteiger partial charge in [0.1, 0.15) is 0 Å². The topological polar surface area (TPSA) is 38.0 Å². The Bertz CT molecular complexity index is 431. The van der Waals surface area contributed by atoms with Gasteiger partial charge in [-0.2, -0.15) is 0 Å². The van der Waals surface area contributed by atoms with Gasteiger partial charge in [0.15, 0.2) is 0 Å². The van der Waals surface area contributed by atoms with Gasteiger partial charge in [0, 0.05) is 4.47 Å². The quantitative estimate of drug-likeness (QED) is 0.672. The first kappa shape index (κ1) is 12.3. The lowest BCUT2D eigenvalue weighted by atomic mass is 9.98. The van der Waals surface area contributed by atoms with Crippen LogP contribution in [0, 0.1) is 6.92 Å². The van der Waals surface area contributed by atoms with E-state index >= 15 is 0 Å². The molecule has 1 unspecified atom stereocenters. The Balaban J connectivity index is 2.33. The molecule has 88 valence electrons. The molecule has 0 saturated carbocycles. The summed E-state index contributed by atoms with van der Waals surface area (Å²) in [7, 11) is 0. The van der Waals surface area contributed by atoms with Gasteiger partial charge in [-0.15, -0.1) is 0 Å². The molecule has 3 heteroatoms. The first-order valence-electron chi connectivity index (χ1n) is 5.49. The summed E-state index contributed by atoms with van der Waals surface area (Å²) in [6.07, 6.45) is 0. The molecule has 0 spiro atoms. The van der Waals surface area contributed by atoms with Crippen LogP contribution in [0.25, 0.3) is 0 Å². The monoisotopic (exact) mass is 290 g/mol. The Labute approximate surface area is 110 Å². The smallest absolute Gasteiger partial charge is 0.0710 e. The van der Waals surface area contributed by atoms with Crippen molar-refractivity contribution in [2.24, 2.45) is 5.84 Å². The van der Waals surface area contributed by atoms with Crippen LogP contribution in [0.5, 0.6) is 0 Å². The second-order valence-electron chi connectivity index (χ2n) is 4.06. The maximum absolute atomic E-state index is 5.65. The number of hydrogen-bond donors (Lipinski definition) is 2. The van der Waals surface area contributed by atoms with Gasteiger partial charge in [-0.05, 0) is 30.2 Å². The highest BCUT2D eigenvalue weighted by molar-refractivity contribution is 9.10. The van der Waals surface area contributed by atoms with Crippen molar-refractivity contribution in [3.8, 4) is 0 Å². The molecular weight excluding hydrogens is 276 g/mol. The molecule has 0 aliphatic heterocycles. The summed E-state index contributed by atoms with van der Waals surface area (Å²) in [6, 6.07) is 16.6. The highest BCUT2D eigenvalue weighted by Crippen LogP contribution is 2.23. The van der Waals surface area contributed by atoms with Crippen molar-refractivity contribution in [2.45, 2.75) is 13.0 Å². The molecule has 0 heterocycles. The van der Waals surface area contributed by atoms with Gasteiger partial charge < -0.3 is 0 Å². The normalized spacial score (nSPS) is 12.4. The maximum Gasteiger partial charge on any atom is 0.0710 e. The van der Waals surface area contributed by atoms with Crippen molar-refractivity contribution in [1.29, 1.82) is 0 Å². The molecule has 0 saturated heterocycles. The average molecular weight is 291 g/mol. The van der Waals surface area contributed by atoms with E-state index in [0.29, 0.717) is 0 Å². The third-order valence-electron chi connectivity index (χ3n) is 2.78. The van der Waals surface area contributed by atoms with Crippen LogP contribution < -0.4 is 11.3 Å². The van der Waals surface area contributed by atoms with Crippen LogP contribution in [0.2, 0.25) is 0 Å². The summed E-state index contributed by atoms with van der Waals surface area (Å²) in [4.78, 5) is 0. The number of benzene rings is 2. The largest absolute Gasteiger partial charge is 0.271 e. The lowest BCUT2D eigenvalue weighted by Gasteiger charge is -2.17. The fourth-order valence-corrected chi connectivity index (χ4v) is 2.06. The van der Waals surface area contributed by atoms with Crippen LogP contribution in [0.4, 0.5) is 0 Å². The van der Waals surface area contributed by atoms with Crippen LogP contribution >= 0.6 is 15.9 Å². The summed E-state index contributed by atoms with van der Waals surface area (Å²) in [5.74, 6) is 5.65. The Hall–Kier alpha value is -1.16. The van der Waals surface area contributed by atoms with E-state index in [9.17, 15) is 0 Å². The number of hydrazine groups is 1. The highest BCUT2D eigenvalue weighted by atomic mass is 79.9. The van der Waals surface area contributed by atoms with Crippen LogP contribution in [0.3, 0.4) is 0 Å². The van der Waals surface area contributed by atoms with Gasteiger partial charge >= 0.3 is 0 Å². The van der Waals surface area contributed by atoms with Gasteiger partial charge in [0.2, 0.25) is 0 Å². The Morgan fingerprint density at radius 1 is 0.941 bits per heavy atom. The van der Waals surface area contributed by atoms with Crippen molar-refractivity contribution in [1.82, 2.24) is 5.43 Å². The number of rotatable bonds is 3. The number of nitrogens with one attached hydrogen (secondary N) is 1. The SMILES string of the molecule is Cc1ccc(C(NN)c2ccc(Br)cc2)cc1. The van der Waals surface area contributed by atoms with Gasteiger partial charge in [-0.1, -0.05) is 57.9 Å². The molecule has 0 radical (unpaired) electrons. The average Bonchev–Trinajstić information content (AvgIpc) is 2.35. The second-order valence-corrected chi connectivity index (χ2v) is 4.98. The molecule has 2 rings (SSSR count). The lowest BCUT2D eigenvalue weighted by molar-refractivity contribution is 0.637. The Morgan fingerprint density at radius 3 is 1.88 bits per heavy atom. The minimum atomic E-state index is 0.0312. The minimum Gasteiger partial charge on any atom is -0.271 e. The number of aryl methyl sites for hydroxylation is 1. The molecule has 0 aliphatic rings. The predicted molar refractivity (Wildman–Crippen MR) is 74.5 cm³/mol. The molecule has 0 bridgehead atoms. The molecular formula is C14H15BrN2. The molecule has 0 fully saturated rings. The van der Waals surface area contributed by atoms with Gasteiger partial charge in [0.05, 0.1) is 6.04 Å². The molecule has 0 amide bonds. The van der Waals surface area contributed by atoms with Crippen molar-refractivity contribution < 1.29 is 0 Å². The van der Waals surface area contributed by atoms with E-state index in [-0.39, 0.29) is 6.04 Å². The van der Waals surface area contributed by atoms with Crippen molar-refractivity contribution >= 4 is 15.9 Å². The summed E-state index contributed by atoms with van der Waals surface area (Å²) in [5, 5.41) is 0. The van der Waals surface area contributed by atoms with E-state index in [1.807, 2.05) is 12.1 Å². The van der Waals surface area contributed by atoms with E-state index < -0.39 is 0 Å². The van der Waals surface area contributed by atoms with Crippen molar-refractivity contribution in [2.75, 3.05) is 0 Å². The zero-order chi connectivity index (χ0) is 12.3. The zero-order valence-electron chi connectivity index (χ0n) is 9.65. The highest BCUT2D eigenvalue weighted by Gasteiger charge is 2.11. The van der Waals surface area contributed by atoms with Gasteiger partial charge in [-0.25, -0.2) is 5.43 Å². The van der Waals surface area contributed by atoms with E-state index in [2.05, 4.69) is 64.7 Å². The first-order chi connectivity index (χ1) is 8.20. The molecule has 0 aliphatic carbocycles. The van der Waals surface area contributed by atoms with Crippen LogP contribution in [-0.2, 0) is 0 Å². The predicted octanol–water partition coefficient (Wildman–Crippen LogP) is 3.31. The maximum atomic E-state index is 5.65. The standard InChI is InChI=1S/C14H15BrN2/c1-10-2-4-11(5-3-10)14(17-16)12-6-8-13(15)9-7-12/h2-9,14,17H,16H2,1H3. The van der Waals surface area contributed by atoms with Crippen molar-refractivity contribution in [3.05, 3.63) is 69.7 Å². The molecule has 1 atom stereocenters. The van der Waals surface area contributed by atoms with E-state index in [1.54, 1.807) is 0 Å². The Kier molecular flexibility index (Phi) is 3.94. The first-order valence-corrected chi connectivity index (χ1v) is 6.28. The van der Waals surface area contributed by atoms with Crippen molar-refractivity contribution in [3.63, 3.8) is 0 Å². The molecule has 3 N–H and O–H groups in total. The van der Waals surface area contributed by atoms with E-state index in [1.165, 1.54) is 11.1 Å². The fraction of sp³-hybridized carbons (Fsp3) is 0.143. The minimum absolute atomic E-state index is 0.0312. The molecule has 0 aromatic heterocycles.